The molecule has 110 valence electrons. The molecule has 1 rings (SSSR count). The van der Waals surface area contributed by atoms with Crippen LogP contribution in [0.15, 0.2) is 0 Å². The molecule has 0 saturated carbocycles. The van der Waals surface area contributed by atoms with Crippen molar-refractivity contribution in [1.82, 2.24) is 10.8 Å². The van der Waals surface area contributed by atoms with Gasteiger partial charge in [0.2, 0.25) is 0 Å². The molecule has 19 heavy (non-hydrogen) atoms. The zero-order chi connectivity index (χ0) is 14.5. The molecule has 0 aromatic rings. The molecule has 2 unspecified atom stereocenters. The number of amides is 1. The lowest BCUT2D eigenvalue weighted by Crippen LogP contribution is -2.45. The number of ether oxygens (including phenoxy) is 1. The van der Waals surface area contributed by atoms with Crippen LogP contribution in [0.25, 0.3) is 0 Å². The SMILES string of the molecule is CC(C)(C)OC(=O)NC(CC1CCNOC1)C(=O)O. The lowest BCUT2D eigenvalue weighted by Gasteiger charge is -2.26. The van der Waals surface area contributed by atoms with Gasteiger partial charge in [0, 0.05) is 6.54 Å². The van der Waals surface area contributed by atoms with E-state index in [0.717, 1.165) is 6.42 Å². The summed E-state index contributed by atoms with van der Waals surface area (Å²) in [4.78, 5) is 27.8. The maximum Gasteiger partial charge on any atom is 0.408 e. The summed E-state index contributed by atoms with van der Waals surface area (Å²) in [6, 6.07) is -0.957. The Hall–Kier alpha value is -1.34. The molecular weight excluding hydrogens is 252 g/mol. The Bertz CT molecular complexity index is 321. The van der Waals surface area contributed by atoms with Gasteiger partial charge in [0.05, 0.1) is 6.61 Å². The van der Waals surface area contributed by atoms with E-state index in [9.17, 15) is 9.59 Å². The van der Waals surface area contributed by atoms with Gasteiger partial charge in [-0.1, -0.05) is 0 Å². The highest BCUT2D eigenvalue weighted by Gasteiger charge is 2.27. The summed E-state index contributed by atoms with van der Waals surface area (Å²) in [7, 11) is 0. The predicted octanol–water partition coefficient (Wildman–Crippen LogP) is 0.895. The molecule has 1 heterocycles. The Labute approximate surface area is 112 Å². The predicted molar refractivity (Wildman–Crippen MR) is 67.5 cm³/mol. The van der Waals surface area contributed by atoms with E-state index < -0.39 is 23.7 Å². The Morgan fingerprint density at radius 2 is 2.21 bits per heavy atom. The summed E-state index contributed by atoms with van der Waals surface area (Å²) >= 11 is 0. The molecule has 1 amide bonds. The second kappa shape index (κ2) is 6.72. The molecule has 0 aliphatic carbocycles. The zero-order valence-electron chi connectivity index (χ0n) is 11.6. The van der Waals surface area contributed by atoms with Gasteiger partial charge in [0.15, 0.2) is 0 Å². The minimum absolute atomic E-state index is 0.109. The molecule has 3 N–H and O–H groups in total. The lowest BCUT2D eigenvalue weighted by molar-refractivity contribution is -0.140. The molecule has 0 spiro atoms. The van der Waals surface area contributed by atoms with Crippen molar-refractivity contribution in [3.05, 3.63) is 0 Å². The van der Waals surface area contributed by atoms with Crippen LogP contribution in [0.1, 0.15) is 33.6 Å². The van der Waals surface area contributed by atoms with Crippen molar-refractivity contribution in [2.24, 2.45) is 5.92 Å². The van der Waals surface area contributed by atoms with Gasteiger partial charge in [-0.3, -0.25) is 0 Å². The van der Waals surface area contributed by atoms with Crippen molar-refractivity contribution >= 4 is 12.1 Å². The Morgan fingerprint density at radius 3 is 2.68 bits per heavy atom. The van der Waals surface area contributed by atoms with Crippen LogP contribution in [-0.4, -0.2) is 42.0 Å². The first-order chi connectivity index (χ1) is 8.78. The quantitative estimate of drug-likeness (QED) is 0.704. The highest BCUT2D eigenvalue weighted by Crippen LogP contribution is 2.15. The second-order valence-corrected chi connectivity index (χ2v) is 5.63. The standard InChI is InChI=1S/C12H22N2O5/c1-12(2,3)19-11(17)14-9(10(15)16)6-8-4-5-13-18-7-8/h8-9,13H,4-7H2,1-3H3,(H,14,17)(H,15,16). The number of hydrogen-bond donors (Lipinski definition) is 3. The van der Waals surface area contributed by atoms with Crippen molar-refractivity contribution in [2.45, 2.75) is 45.3 Å². The first-order valence-electron chi connectivity index (χ1n) is 6.35. The van der Waals surface area contributed by atoms with Crippen LogP contribution in [0.5, 0.6) is 0 Å². The fourth-order valence-corrected chi connectivity index (χ4v) is 1.79. The van der Waals surface area contributed by atoms with Crippen molar-refractivity contribution < 1.29 is 24.3 Å². The monoisotopic (exact) mass is 274 g/mol. The third-order valence-electron chi connectivity index (χ3n) is 2.63. The van der Waals surface area contributed by atoms with Gasteiger partial charge in [-0.05, 0) is 39.5 Å². The van der Waals surface area contributed by atoms with Gasteiger partial charge in [-0.2, -0.15) is 0 Å². The van der Waals surface area contributed by atoms with E-state index in [1.807, 2.05) is 0 Å². The molecule has 1 aliphatic rings. The summed E-state index contributed by atoms with van der Waals surface area (Å²) in [5.41, 5.74) is 2.08. The number of alkyl carbamates (subject to hydrolysis) is 1. The number of rotatable bonds is 4. The molecular formula is C12H22N2O5. The molecule has 7 heteroatoms. The minimum atomic E-state index is -1.07. The van der Waals surface area contributed by atoms with Crippen LogP contribution in [0.4, 0.5) is 4.79 Å². The molecule has 0 radical (unpaired) electrons. The maximum absolute atomic E-state index is 11.6. The smallest absolute Gasteiger partial charge is 0.408 e. The zero-order valence-corrected chi connectivity index (χ0v) is 11.6. The van der Waals surface area contributed by atoms with E-state index in [-0.39, 0.29) is 5.92 Å². The van der Waals surface area contributed by atoms with Gasteiger partial charge in [-0.25, -0.2) is 15.1 Å². The van der Waals surface area contributed by atoms with Crippen molar-refractivity contribution in [2.75, 3.05) is 13.2 Å². The molecule has 0 aromatic heterocycles. The number of carboxylic acids is 1. The van der Waals surface area contributed by atoms with Crippen molar-refractivity contribution in [1.29, 1.82) is 0 Å². The van der Waals surface area contributed by atoms with Crippen LogP contribution >= 0.6 is 0 Å². The van der Waals surface area contributed by atoms with Gasteiger partial charge < -0.3 is 20.0 Å². The number of carbonyl (C=O) groups is 2. The normalized spacial score (nSPS) is 21.5. The molecule has 2 atom stereocenters. The molecule has 0 aromatic carbocycles. The number of hydroxylamine groups is 1. The molecule has 1 saturated heterocycles. The number of nitrogens with one attached hydrogen (secondary N) is 2. The van der Waals surface area contributed by atoms with E-state index >= 15 is 0 Å². The average molecular weight is 274 g/mol. The van der Waals surface area contributed by atoms with Crippen molar-refractivity contribution in [3.8, 4) is 0 Å². The average Bonchev–Trinajstić information content (AvgIpc) is 2.26. The largest absolute Gasteiger partial charge is 0.480 e. The fraction of sp³-hybridized carbons (Fsp3) is 0.833. The summed E-state index contributed by atoms with van der Waals surface area (Å²) in [6.45, 7) is 6.30. The summed E-state index contributed by atoms with van der Waals surface area (Å²) < 4.78 is 5.05. The van der Waals surface area contributed by atoms with E-state index in [0.29, 0.717) is 19.6 Å². The molecule has 1 aliphatic heterocycles. The van der Waals surface area contributed by atoms with E-state index in [2.05, 4.69) is 10.8 Å². The van der Waals surface area contributed by atoms with Crippen molar-refractivity contribution in [3.63, 3.8) is 0 Å². The summed E-state index contributed by atoms with van der Waals surface area (Å²) in [6.07, 6.45) is 0.436. The van der Waals surface area contributed by atoms with Gasteiger partial charge >= 0.3 is 12.1 Å². The van der Waals surface area contributed by atoms with E-state index in [1.54, 1.807) is 20.8 Å². The van der Waals surface area contributed by atoms with Crippen LogP contribution in [0.3, 0.4) is 0 Å². The third-order valence-corrected chi connectivity index (χ3v) is 2.63. The summed E-state index contributed by atoms with van der Waals surface area (Å²) in [5.74, 6) is -0.957. The third kappa shape index (κ3) is 6.40. The molecule has 1 fully saturated rings. The van der Waals surface area contributed by atoms with Gasteiger partial charge in [-0.15, -0.1) is 0 Å². The topological polar surface area (TPSA) is 96.9 Å². The van der Waals surface area contributed by atoms with Gasteiger partial charge in [0.25, 0.3) is 0 Å². The fourth-order valence-electron chi connectivity index (χ4n) is 1.79. The van der Waals surface area contributed by atoms with Crippen LogP contribution in [0.2, 0.25) is 0 Å². The number of aliphatic carboxylic acids is 1. The summed E-state index contributed by atoms with van der Waals surface area (Å²) in [5, 5.41) is 11.5. The second-order valence-electron chi connectivity index (χ2n) is 5.63. The Kier molecular flexibility index (Phi) is 5.56. The van der Waals surface area contributed by atoms with Crippen LogP contribution in [0, 0.1) is 5.92 Å². The highest BCUT2D eigenvalue weighted by molar-refractivity contribution is 5.80. The molecule has 7 nitrogen and oxygen atoms in total. The molecule has 0 bridgehead atoms. The number of carboxylic acid groups (broad SMARTS) is 1. The number of hydrogen-bond acceptors (Lipinski definition) is 5. The van der Waals surface area contributed by atoms with Gasteiger partial charge in [0.1, 0.15) is 11.6 Å². The first-order valence-corrected chi connectivity index (χ1v) is 6.35. The highest BCUT2D eigenvalue weighted by atomic mass is 16.6. The maximum atomic E-state index is 11.6. The lowest BCUT2D eigenvalue weighted by atomic mass is 9.97. The Balaban J connectivity index is 2.48. The van der Waals surface area contributed by atoms with E-state index in [1.165, 1.54) is 0 Å². The first kappa shape index (κ1) is 15.7. The van der Waals surface area contributed by atoms with E-state index in [4.69, 9.17) is 14.7 Å². The Morgan fingerprint density at radius 1 is 1.53 bits per heavy atom. The van der Waals surface area contributed by atoms with Crippen LogP contribution in [-0.2, 0) is 14.4 Å². The minimum Gasteiger partial charge on any atom is -0.480 e. The number of carbonyl (C=O) groups excluding carboxylic acids is 1. The van der Waals surface area contributed by atoms with Crippen LogP contribution < -0.4 is 10.8 Å².